The quantitative estimate of drug-likeness (QED) is 0.384. The molecule has 0 radical (unpaired) electrons. The fourth-order valence-electron chi connectivity index (χ4n) is 4.09. The van der Waals surface area contributed by atoms with Gasteiger partial charge in [-0.05, 0) is 17.5 Å². The zero-order chi connectivity index (χ0) is 23.2. The van der Waals surface area contributed by atoms with Gasteiger partial charge in [-0.25, -0.2) is 9.97 Å². The highest BCUT2D eigenvalue weighted by molar-refractivity contribution is 5.72. The molecule has 9 nitrogen and oxygen atoms in total. The molecule has 3 heterocycles. The number of aromatic nitrogens is 5. The van der Waals surface area contributed by atoms with Gasteiger partial charge in [-0.1, -0.05) is 43.3 Å². The predicted octanol–water partition coefficient (Wildman–Crippen LogP) is 2.48. The van der Waals surface area contributed by atoms with E-state index < -0.39 is 0 Å². The van der Waals surface area contributed by atoms with Crippen molar-refractivity contribution >= 4 is 11.0 Å². The molecule has 4 rings (SSSR count). The maximum Gasteiger partial charge on any atom is 0.265 e. The molecule has 1 aromatic carbocycles. The Balaban J connectivity index is 1.76. The Morgan fingerprint density at radius 2 is 1.97 bits per heavy atom. The molecular weight excluding hydrogens is 418 g/mol. The van der Waals surface area contributed by atoms with Gasteiger partial charge in [-0.2, -0.15) is 5.10 Å². The normalized spacial score (nSPS) is 12.4. The van der Waals surface area contributed by atoms with E-state index in [4.69, 9.17) is 15.5 Å². The van der Waals surface area contributed by atoms with Crippen LogP contribution < -0.4 is 16.0 Å². The van der Waals surface area contributed by atoms with E-state index >= 15 is 0 Å². The summed E-state index contributed by atoms with van der Waals surface area (Å²) in [5.74, 6) is 1.26. The molecule has 4 aromatic rings. The van der Waals surface area contributed by atoms with Gasteiger partial charge in [-0.15, -0.1) is 0 Å². The number of fused-ring (bicyclic) bond motifs is 1. The summed E-state index contributed by atoms with van der Waals surface area (Å²) in [5.41, 5.74) is 8.44. The first-order valence-corrected chi connectivity index (χ1v) is 11.0. The maximum absolute atomic E-state index is 13.4. The molecule has 3 N–H and O–H groups in total. The monoisotopic (exact) mass is 447 g/mol. The Kier molecular flexibility index (Phi) is 7.11. The second-order valence-electron chi connectivity index (χ2n) is 7.87. The lowest BCUT2D eigenvalue weighted by Crippen LogP contribution is -2.37. The molecule has 0 amide bonds. The van der Waals surface area contributed by atoms with E-state index in [-0.39, 0.29) is 11.6 Å². The minimum Gasteiger partial charge on any atom is -0.481 e. The predicted molar refractivity (Wildman–Crippen MR) is 127 cm³/mol. The number of ether oxygens (including phenoxy) is 1. The van der Waals surface area contributed by atoms with Crippen molar-refractivity contribution in [3.05, 3.63) is 82.2 Å². The minimum atomic E-state index is -0.125. The van der Waals surface area contributed by atoms with E-state index in [9.17, 15) is 4.79 Å². The van der Waals surface area contributed by atoms with Gasteiger partial charge >= 0.3 is 0 Å². The van der Waals surface area contributed by atoms with E-state index in [0.29, 0.717) is 48.9 Å². The van der Waals surface area contributed by atoms with Gasteiger partial charge in [0.05, 0.1) is 25.9 Å². The summed E-state index contributed by atoms with van der Waals surface area (Å²) in [6.45, 7) is 4.27. The number of rotatable bonds is 10. The number of aromatic amines is 1. The van der Waals surface area contributed by atoms with Gasteiger partial charge in [-0.3, -0.25) is 19.4 Å². The summed E-state index contributed by atoms with van der Waals surface area (Å²) >= 11 is 0. The standard InChI is InChI=1S/C24H29N7O2/c1-3-20(30(12-11-25)15-18-9-10-21(33-2)26-13-18)23-28-22-19(14-27-29-22)24(32)31(23)16-17-7-5-4-6-8-17/h4-10,13-14,20H,3,11-12,15-16,25H2,1-2H3,(H,27,29). The number of nitrogens with two attached hydrogens (primary N) is 1. The third-order valence-corrected chi connectivity index (χ3v) is 5.72. The molecule has 0 spiro atoms. The zero-order valence-electron chi connectivity index (χ0n) is 18.9. The van der Waals surface area contributed by atoms with Crippen molar-refractivity contribution in [1.82, 2.24) is 29.6 Å². The number of H-pyrrole nitrogens is 1. The molecule has 0 saturated heterocycles. The molecule has 0 bridgehead atoms. The van der Waals surface area contributed by atoms with Crippen LogP contribution in [0.15, 0.2) is 59.7 Å². The SMILES string of the molecule is CCC(c1nc2[nH]ncc2c(=O)n1Cc1ccccc1)N(CCN)Cc1ccc(OC)nc1. The Morgan fingerprint density at radius 3 is 2.64 bits per heavy atom. The van der Waals surface area contributed by atoms with E-state index in [1.54, 1.807) is 17.9 Å². The number of methoxy groups -OCH3 is 1. The summed E-state index contributed by atoms with van der Waals surface area (Å²) in [5, 5.41) is 7.39. The molecule has 3 aromatic heterocycles. The summed E-state index contributed by atoms with van der Waals surface area (Å²) in [7, 11) is 1.60. The van der Waals surface area contributed by atoms with Crippen LogP contribution >= 0.6 is 0 Å². The van der Waals surface area contributed by atoms with Crippen molar-refractivity contribution in [3.8, 4) is 5.88 Å². The summed E-state index contributed by atoms with van der Waals surface area (Å²) in [4.78, 5) is 24.9. The number of nitrogens with zero attached hydrogens (tertiary/aromatic N) is 5. The average Bonchev–Trinajstić information content (AvgIpc) is 3.32. The number of hydrogen-bond donors (Lipinski definition) is 2. The Bertz CT molecular complexity index is 1240. The van der Waals surface area contributed by atoms with Crippen LogP contribution in [-0.4, -0.2) is 49.8 Å². The lowest BCUT2D eigenvalue weighted by molar-refractivity contribution is 0.176. The number of nitrogens with one attached hydrogen (secondary N) is 1. The highest BCUT2D eigenvalue weighted by Crippen LogP contribution is 2.25. The molecule has 0 aliphatic heterocycles. The molecule has 0 aliphatic rings. The lowest BCUT2D eigenvalue weighted by Gasteiger charge is -2.31. The van der Waals surface area contributed by atoms with Gasteiger partial charge in [0.25, 0.3) is 5.56 Å². The molecule has 172 valence electrons. The van der Waals surface area contributed by atoms with Crippen LogP contribution in [0, 0.1) is 0 Å². The van der Waals surface area contributed by atoms with E-state index in [1.807, 2.05) is 42.5 Å². The van der Waals surface area contributed by atoms with Gasteiger partial charge in [0, 0.05) is 31.9 Å². The van der Waals surface area contributed by atoms with Crippen molar-refractivity contribution in [2.45, 2.75) is 32.5 Å². The van der Waals surface area contributed by atoms with Crippen molar-refractivity contribution in [2.75, 3.05) is 20.2 Å². The van der Waals surface area contributed by atoms with Gasteiger partial charge < -0.3 is 10.5 Å². The summed E-state index contributed by atoms with van der Waals surface area (Å²) in [6.07, 6.45) is 4.10. The fourth-order valence-corrected chi connectivity index (χ4v) is 4.09. The fraction of sp³-hybridized carbons (Fsp3) is 0.333. The van der Waals surface area contributed by atoms with Crippen LogP contribution in [-0.2, 0) is 13.1 Å². The van der Waals surface area contributed by atoms with Crippen LogP contribution in [0.3, 0.4) is 0 Å². The first-order chi connectivity index (χ1) is 16.1. The topological polar surface area (TPSA) is 115 Å². The minimum absolute atomic E-state index is 0.107. The second-order valence-corrected chi connectivity index (χ2v) is 7.87. The average molecular weight is 448 g/mol. The van der Waals surface area contributed by atoms with Gasteiger partial charge in [0.1, 0.15) is 11.2 Å². The van der Waals surface area contributed by atoms with Crippen molar-refractivity contribution in [1.29, 1.82) is 0 Å². The van der Waals surface area contributed by atoms with Gasteiger partial charge in [0.2, 0.25) is 5.88 Å². The van der Waals surface area contributed by atoms with Crippen LogP contribution in [0.4, 0.5) is 0 Å². The summed E-state index contributed by atoms with van der Waals surface area (Å²) < 4.78 is 6.94. The van der Waals surface area contributed by atoms with Crippen LogP contribution in [0.1, 0.15) is 36.3 Å². The maximum atomic E-state index is 13.4. The van der Waals surface area contributed by atoms with Crippen molar-refractivity contribution in [3.63, 3.8) is 0 Å². The Hall–Kier alpha value is -3.56. The molecule has 0 fully saturated rings. The first-order valence-electron chi connectivity index (χ1n) is 11.0. The van der Waals surface area contributed by atoms with Crippen molar-refractivity contribution < 1.29 is 4.74 Å². The van der Waals surface area contributed by atoms with Crippen LogP contribution in [0.5, 0.6) is 5.88 Å². The smallest absolute Gasteiger partial charge is 0.265 e. The molecule has 1 unspecified atom stereocenters. The molecule has 0 aliphatic carbocycles. The largest absolute Gasteiger partial charge is 0.481 e. The number of benzene rings is 1. The summed E-state index contributed by atoms with van der Waals surface area (Å²) in [6, 6.07) is 13.6. The molecule has 1 atom stereocenters. The number of pyridine rings is 1. The van der Waals surface area contributed by atoms with E-state index in [0.717, 1.165) is 17.5 Å². The molecular formula is C24H29N7O2. The first kappa shape index (κ1) is 22.6. The van der Waals surface area contributed by atoms with E-state index in [2.05, 4.69) is 27.0 Å². The third-order valence-electron chi connectivity index (χ3n) is 5.72. The molecule has 9 heteroatoms. The van der Waals surface area contributed by atoms with Crippen LogP contribution in [0.25, 0.3) is 11.0 Å². The third kappa shape index (κ3) is 4.94. The van der Waals surface area contributed by atoms with Crippen molar-refractivity contribution in [2.24, 2.45) is 5.73 Å². The molecule has 0 saturated carbocycles. The van der Waals surface area contributed by atoms with Gasteiger partial charge in [0.15, 0.2) is 5.65 Å². The zero-order valence-corrected chi connectivity index (χ0v) is 18.9. The number of hydrogen-bond acceptors (Lipinski definition) is 7. The lowest BCUT2D eigenvalue weighted by atomic mass is 10.1. The van der Waals surface area contributed by atoms with E-state index in [1.165, 1.54) is 6.20 Å². The van der Waals surface area contributed by atoms with Crippen LogP contribution in [0.2, 0.25) is 0 Å². The Morgan fingerprint density at radius 1 is 1.15 bits per heavy atom. The Labute approximate surface area is 192 Å². The molecule has 33 heavy (non-hydrogen) atoms. The second kappa shape index (κ2) is 10.4. The highest BCUT2D eigenvalue weighted by atomic mass is 16.5. The highest BCUT2D eigenvalue weighted by Gasteiger charge is 2.25.